The van der Waals surface area contributed by atoms with E-state index in [4.69, 9.17) is 12.2 Å². The first-order valence-corrected chi connectivity index (χ1v) is 9.53. The highest BCUT2D eigenvalue weighted by molar-refractivity contribution is 8.23. The normalized spacial score (nSPS) is 20.3. The van der Waals surface area contributed by atoms with Crippen LogP contribution in [0.3, 0.4) is 0 Å². The van der Waals surface area contributed by atoms with Crippen molar-refractivity contribution in [3.8, 4) is 0 Å². The predicted octanol–water partition coefficient (Wildman–Crippen LogP) is 3.98. The highest BCUT2D eigenvalue weighted by Crippen LogP contribution is 2.29. The zero-order chi connectivity index (χ0) is 15.8. The third kappa shape index (κ3) is 6.25. The molecule has 1 heterocycles. The molecule has 0 spiro atoms. The van der Waals surface area contributed by atoms with E-state index >= 15 is 0 Å². The van der Waals surface area contributed by atoms with E-state index in [1.165, 1.54) is 19.3 Å². The first kappa shape index (κ1) is 18.9. The molecule has 1 N–H and O–H groups in total. The lowest BCUT2D eigenvalue weighted by molar-refractivity contribution is -0.130. The number of thiocarbonyl (C=S) groups is 1. The molecule has 1 aliphatic rings. The zero-order valence-electron chi connectivity index (χ0n) is 13.5. The molecule has 21 heavy (non-hydrogen) atoms. The molecule has 122 valence electrons. The summed E-state index contributed by atoms with van der Waals surface area (Å²) in [6.45, 7) is 6.42. The summed E-state index contributed by atoms with van der Waals surface area (Å²) in [5.74, 6) is 1.27. The number of amides is 1. The van der Waals surface area contributed by atoms with Crippen molar-refractivity contribution in [3.05, 3.63) is 0 Å². The second kappa shape index (κ2) is 9.80. The lowest BCUT2D eigenvalue weighted by Gasteiger charge is -2.27. The summed E-state index contributed by atoms with van der Waals surface area (Å²) in [4.78, 5) is 14.1. The van der Waals surface area contributed by atoms with Crippen LogP contribution in [0.25, 0.3) is 0 Å². The summed E-state index contributed by atoms with van der Waals surface area (Å²) in [6, 6.07) is 0.187. The van der Waals surface area contributed by atoms with Gasteiger partial charge in [0.25, 0.3) is 0 Å². The SMILES string of the molecule is CCCCCCC[C@H](O)CC(=O)N1C(=S)SC[C@@H]1C(C)C. The van der Waals surface area contributed by atoms with E-state index in [2.05, 4.69) is 20.8 Å². The number of aliphatic hydroxyl groups excluding tert-OH is 1. The highest BCUT2D eigenvalue weighted by atomic mass is 32.2. The topological polar surface area (TPSA) is 40.5 Å². The summed E-state index contributed by atoms with van der Waals surface area (Å²) in [5, 5.41) is 10.1. The molecule has 0 aromatic heterocycles. The average Bonchev–Trinajstić information content (AvgIpc) is 2.80. The van der Waals surface area contributed by atoms with E-state index in [1.807, 2.05) is 0 Å². The van der Waals surface area contributed by atoms with Crippen molar-refractivity contribution in [2.24, 2.45) is 5.92 Å². The number of carbonyl (C=O) groups is 1. The zero-order valence-corrected chi connectivity index (χ0v) is 15.1. The van der Waals surface area contributed by atoms with Gasteiger partial charge in [0.1, 0.15) is 4.32 Å². The maximum Gasteiger partial charge on any atom is 0.230 e. The van der Waals surface area contributed by atoms with Crippen LogP contribution in [0.5, 0.6) is 0 Å². The first-order valence-electron chi connectivity index (χ1n) is 8.14. The van der Waals surface area contributed by atoms with Crippen molar-refractivity contribution >= 4 is 34.2 Å². The number of nitrogens with zero attached hydrogens (tertiary/aromatic N) is 1. The number of rotatable bonds is 9. The van der Waals surface area contributed by atoms with Crippen LogP contribution in [0.4, 0.5) is 0 Å². The minimum absolute atomic E-state index is 0.00948. The lowest BCUT2D eigenvalue weighted by atomic mass is 10.0. The van der Waals surface area contributed by atoms with E-state index in [0.717, 1.165) is 25.0 Å². The van der Waals surface area contributed by atoms with Gasteiger partial charge in [0, 0.05) is 11.8 Å². The standard InChI is InChI=1S/C16H29NO2S2/c1-4-5-6-7-8-9-13(18)10-15(19)17-14(12(2)3)11-21-16(17)20/h12-14,18H,4-11H2,1-3H3/t13-,14+/m0/s1. The largest absolute Gasteiger partial charge is 0.393 e. The van der Waals surface area contributed by atoms with Gasteiger partial charge in [0.15, 0.2) is 0 Å². The molecule has 0 aliphatic carbocycles. The quantitative estimate of drug-likeness (QED) is 0.512. The van der Waals surface area contributed by atoms with Gasteiger partial charge >= 0.3 is 0 Å². The Kier molecular flexibility index (Phi) is 8.83. The van der Waals surface area contributed by atoms with Crippen LogP contribution < -0.4 is 0 Å². The number of hydrogen-bond donors (Lipinski definition) is 1. The molecule has 1 amide bonds. The average molecular weight is 332 g/mol. The Balaban J connectivity index is 2.35. The van der Waals surface area contributed by atoms with E-state index < -0.39 is 6.10 Å². The van der Waals surface area contributed by atoms with E-state index in [-0.39, 0.29) is 18.4 Å². The monoisotopic (exact) mass is 331 g/mol. The van der Waals surface area contributed by atoms with Crippen LogP contribution >= 0.6 is 24.0 Å². The van der Waals surface area contributed by atoms with Gasteiger partial charge in [-0.25, -0.2) is 0 Å². The van der Waals surface area contributed by atoms with Gasteiger partial charge in [-0.15, -0.1) is 0 Å². The molecule has 0 aromatic carbocycles. The molecule has 2 atom stereocenters. The molecular formula is C16H29NO2S2. The van der Waals surface area contributed by atoms with Gasteiger partial charge in [-0.3, -0.25) is 9.69 Å². The Bertz CT molecular complexity index is 347. The Morgan fingerprint density at radius 2 is 2.05 bits per heavy atom. The van der Waals surface area contributed by atoms with Crippen LogP contribution in [0.1, 0.15) is 65.7 Å². The first-order chi connectivity index (χ1) is 9.97. The summed E-state index contributed by atoms with van der Waals surface area (Å²) in [6.07, 6.45) is 6.24. The fraction of sp³-hybridized carbons (Fsp3) is 0.875. The molecule has 1 saturated heterocycles. The van der Waals surface area contributed by atoms with Gasteiger partial charge in [0.2, 0.25) is 5.91 Å². The summed E-state index contributed by atoms with van der Waals surface area (Å²) < 4.78 is 0.675. The number of thioether (sulfide) groups is 1. The molecule has 0 unspecified atom stereocenters. The van der Waals surface area contributed by atoms with Crippen LogP contribution in [0.2, 0.25) is 0 Å². The smallest absolute Gasteiger partial charge is 0.230 e. The third-order valence-corrected chi connectivity index (χ3v) is 5.50. The summed E-state index contributed by atoms with van der Waals surface area (Å²) in [5.41, 5.74) is 0. The van der Waals surface area contributed by atoms with Crippen LogP contribution in [0, 0.1) is 5.92 Å². The molecule has 0 aromatic rings. The van der Waals surface area contributed by atoms with Crippen molar-refractivity contribution in [2.45, 2.75) is 77.9 Å². The number of unbranched alkanes of at least 4 members (excludes halogenated alkanes) is 4. The predicted molar refractivity (Wildman–Crippen MR) is 94.5 cm³/mol. The van der Waals surface area contributed by atoms with Gasteiger partial charge in [-0.2, -0.15) is 0 Å². The third-order valence-electron chi connectivity index (χ3n) is 4.00. The van der Waals surface area contributed by atoms with Crippen LogP contribution in [0.15, 0.2) is 0 Å². The van der Waals surface area contributed by atoms with Crippen LogP contribution in [-0.2, 0) is 4.79 Å². The second-order valence-electron chi connectivity index (χ2n) is 6.21. The fourth-order valence-electron chi connectivity index (χ4n) is 2.60. The molecule has 0 saturated carbocycles. The van der Waals surface area contributed by atoms with Crippen molar-refractivity contribution in [3.63, 3.8) is 0 Å². The minimum Gasteiger partial charge on any atom is -0.393 e. The van der Waals surface area contributed by atoms with Crippen molar-refractivity contribution < 1.29 is 9.90 Å². The molecular weight excluding hydrogens is 302 g/mol. The fourth-order valence-corrected chi connectivity index (χ4v) is 4.26. The lowest BCUT2D eigenvalue weighted by Crippen LogP contribution is -2.42. The number of carbonyl (C=O) groups excluding carboxylic acids is 1. The van der Waals surface area contributed by atoms with E-state index in [0.29, 0.717) is 10.2 Å². The van der Waals surface area contributed by atoms with Gasteiger partial charge in [-0.1, -0.05) is 76.9 Å². The molecule has 0 bridgehead atoms. The van der Waals surface area contributed by atoms with Gasteiger partial charge in [-0.05, 0) is 12.3 Å². The minimum atomic E-state index is -0.527. The Morgan fingerprint density at radius 1 is 1.38 bits per heavy atom. The number of aliphatic hydroxyl groups is 1. The maximum atomic E-state index is 12.4. The Hall–Kier alpha value is -0.130. The molecule has 1 aliphatic heterocycles. The molecule has 0 radical (unpaired) electrons. The summed E-state index contributed by atoms with van der Waals surface area (Å²) in [7, 11) is 0. The van der Waals surface area contributed by atoms with E-state index in [9.17, 15) is 9.90 Å². The van der Waals surface area contributed by atoms with Crippen molar-refractivity contribution in [1.82, 2.24) is 4.90 Å². The van der Waals surface area contributed by atoms with Gasteiger partial charge in [0.05, 0.1) is 12.5 Å². The van der Waals surface area contributed by atoms with Crippen molar-refractivity contribution in [1.29, 1.82) is 0 Å². The molecule has 1 fully saturated rings. The highest BCUT2D eigenvalue weighted by Gasteiger charge is 2.35. The molecule has 5 heteroatoms. The van der Waals surface area contributed by atoms with Gasteiger partial charge < -0.3 is 5.11 Å². The molecule has 1 rings (SSSR count). The summed E-state index contributed by atoms with van der Waals surface area (Å²) >= 11 is 6.87. The second-order valence-corrected chi connectivity index (χ2v) is 7.87. The molecule has 3 nitrogen and oxygen atoms in total. The van der Waals surface area contributed by atoms with Crippen molar-refractivity contribution in [2.75, 3.05) is 5.75 Å². The number of hydrogen-bond acceptors (Lipinski definition) is 4. The van der Waals surface area contributed by atoms with E-state index in [1.54, 1.807) is 16.7 Å². The maximum absolute atomic E-state index is 12.4. The Labute approximate surface area is 138 Å². The Morgan fingerprint density at radius 3 is 2.67 bits per heavy atom. The van der Waals surface area contributed by atoms with Crippen LogP contribution in [-0.4, -0.2) is 38.1 Å².